The quantitative estimate of drug-likeness (QED) is 0.493. The van der Waals surface area contributed by atoms with Crippen LogP contribution >= 0.6 is 0 Å². The maximum absolute atomic E-state index is 11.1. The van der Waals surface area contributed by atoms with E-state index in [2.05, 4.69) is 0 Å². The van der Waals surface area contributed by atoms with E-state index in [9.17, 15) is 4.79 Å². The molecule has 0 aliphatic rings. The lowest BCUT2D eigenvalue weighted by Crippen LogP contribution is -2.39. The second kappa shape index (κ2) is 5.95. The summed E-state index contributed by atoms with van der Waals surface area (Å²) in [5.41, 5.74) is -1.13. The number of rotatable bonds is 6. The van der Waals surface area contributed by atoms with Crippen LogP contribution in [0.25, 0.3) is 0 Å². The highest BCUT2D eigenvalue weighted by Crippen LogP contribution is 2.15. The first-order chi connectivity index (χ1) is 6.51. The molecule has 0 atom stereocenters. The normalized spacial score (nSPS) is 11.9. The molecule has 3 N–H and O–H groups in total. The van der Waals surface area contributed by atoms with E-state index in [-0.39, 0.29) is 12.5 Å². The predicted octanol–water partition coefficient (Wildman–Crippen LogP) is -0.851. The minimum Gasteiger partial charge on any atom is -0.465 e. The standard InChI is InChI=1S/C9H18O5/c1-7(2)8(13)14-6-9(3-10,4-11)5-12/h7,10-12H,3-6H2,1-2H3. The molecule has 0 aromatic rings. The Balaban J connectivity index is 4.12. The molecule has 0 saturated carbocycles. The number of esters is 1. The lowest BCUT2D eigenvalue weighted by molar-refractivity contribution is -0.155. The summed E-state index contributed by atoms with van der Waals surface area (Å²) in [4.78, 5) is 11.1. The summed E-state index contributed by atoms with van der Waals surface area (Å²) in [6.07, 6.45) is 0. The molecular weight excluding hydrogens is 188 g/mol. The molecule has 0 bridgehead atoms. The molecule has 84 valence electrons. The summed E-state index contributed by atoms with van der Waals surface area (Å²) >= 11 is 0. The lowest BCUT2D eigenvalue weighted by atomic mass is 9.92. The Morgan fingerprint density at radius 1 is 1.21 bits per heavy atom. The molecule has 0 unspecified atom stereocenters. The van der Waals surface area contributed by atoms with Crippen LogP contribution in [0.15, 0.2) is 0 Å². The third-order valence-corrected chi connectivity index (χ3v) is 2.00. The van der Waals surface area contributed by atoms with Crippen molar-refractivity contribution in [3.8, 4) is 0 Å². The zero-order valence-corrected chi connectivity index (χ0v) is 8.56. The van der Waals surface area contributed by atoms with Crippen LogP contribution in [0.1, 0.15) is 13.8 Å². The Labute approximate surface area is 83.3 Å². The topological polar surface area (TPSA) is 87.0 Å². The van der Waals surface area contributed by atoms with Gasteiger partial charge in [-0.1, -0.05) is 13.8 Å². The van der Waals surface area contributed by atoms with Crippen molar-refractivity contribution in [3.63, 3.8) is 0 Å². The highest BCUT2D eigenvalue weighted by molar-refractivity contribution is 5.71. The van der Waals surface area contributed by atoms with Crippen molar-refractivity contribution in [1.29, 1.82) is 0 Å². The van der Waals surface area contributed by atoms with Crippen LogP contribution in [0.4, 0.5) is 0 Å². The molecule has 0 aromatic carbocycles. The average Bonchev–Trinajstić information content (AvgIpc) is 2.20. The Morgan fingerprint density at radius 3 is 1.93 bits per heavy atom. The van der Waals surface area contributed by atoms with E-state index in [1.54, 1.807) is 13.8 Å². The molecule has 5 nitrogen and oxygen atoms in total. The molecule has 14 heavy (non-hydrogen) atoms. The van der Waals surface area contributed by atoms with Gasteiger partial charge in [0, 0.05) is 0 Å². The van der Waals surface area contributed by atoms with Crippen LogP contribution < -0.4 is 0 Å². The van der Waals surface area contributed by atoms with Crippen molar-refractivity contribution in [3.05, 3.63) is 0 Å². The predicted molar refractivity (Wildman–Crippen MR) is 49.5 cm³/mol. The van der Waals surface area contributed by atoms with Crippen molar-refractivity contribution in [2.24, 2.45) is 11.3 Å². The molecule has 0 aliphatic carbocycles. The zero-order chi connectivity index (χ0) is 11.2. The number of carbonyl (C=O) groups excluding carboxylic acids is 1. The van der Waals surface area contributed by atoms with E-state index in [0.29, 0.717) is 0 Å². The second-order valence-electron chi connectivity index (χ2n) is 3.74. The molecule has 0 heterocycles. The second-order valence-corrected chi connectivity index (χ2v) is 3.74. The van der Waals surface area contributed by atoms with E-state index in [1.807, 2.05) is 0 Å². The van der Waals surface area contributed by atoms with Crippen molar-refractivity contribution in [2.45, 2.75) is 13.8 Å². The first-order valence-corrected chi connectivity index (χ1v) is 4.50. The van der Waals surface area contributed by atoms with Crippen LogP contribution in [0.2, 0.25) is 0 Å². The van der Waals surface area contributed by atoms with Crippen LogP contribution in [0.3, 0.4) is 0 Å². The van der Waals surface area contributed by atoms with Gasteiger partial charge >= 0.3 is 5.97 Å². The fourth-order valence-electron chi connectivity index (χ4n) is 0.678. The summed E-state index contributed by atoms with van der Waals surface area (Å²) in [6, 6.07) is 0. The van der Waals surface area contributed by atoms with Crippen LogP contribution in [0.5, 0.6) is 0 Å². The molecule has 0 rings (SSSR count). The van der Waals surface area contributed by atoms with Gasteiger partial charge in [0.2, 0.25) is 0 Å². The van der Waals surface area contributed by atoms with Crippen LogP contribution in [-0.2, 0) is 9.53 Å². The van der Waals surface area contributed by atoms with E-state index >= 15 is 0 Å². The minimum absolute atomic E-state index is 0.173. The van der Waals surface area contributed by atoms with E-state index in [4.69, 9.17) is 20.1 Å². The molecule has 0 saturated heterocycles. The highest BCUT2D eigenvalue weighted by Gasteiger charge is 2.30. The fourth-order valence-corrected chi connectivity index (χ4v) is 0.678. The van der Waals surface area contributed by atoms with Gasteiger partial charge in [-0.05, 0) is 0 Å². The molecule has 0 amide bonds. The SMILES string of the molecule is CC(C)C(=O)OCC(CO)(CO)CO. The molecule has 5 heteroatoms. The molecule has 0 spiro atoms. The molecule has 0 aliphatic heterocycles. The highest BCUT2D eigenvalue weighted by atomic mass is 16.5. The average molecular weight is 206 g/mol. The number of hydrogen-bond acceptors (Lipinski definition) is 5. The fraction of sp³-hybridized carbons (Fsp3) is 0.889. The summed E-state index contributed by atoms with van der Waals surface area (Å²) in [6.45, 7) is 1.91. The monoisotopic (exact) mass is 206 g/mol. The van der Waals surface area contributed by atoms with Gasteiger partial charge in [-0.3, -0.25) is 4.79 Å². The van der Waals surface area contributed by atoms with Gasteiger partial charge in [0.25, 0.3) is 0 Å². The third kappa shape index (κ3) is 3.61. The Bertz CT molecular complexity index is 166. The summed E-state index contributed by atoms with van der Waals surface area (Å²) < 4.78 is 4.82. The molecule has 0 radical (unpaired) electrons. The van der Waals surface area contributed by atoms with Gasteiger partial charge in [0.05, 0.1) is 31.2 Å². The smallest absolute Gasteiger partial charge is 0.308 e. The van der Waals surface area contributed by atoms with E-state index < -0.39 is 31.2 Å². The van der Waals surface area contributed by atoms with E-state index in [1.165, 1.54) is 0 Å². The van der Waals surface area contributed by atoms with Crippen molar-refractivity contribution in [1.82, 2.24) is 0 Å². The van der Waals surface area contributed by atoms with E-state index in [0.717, 1.165) is 0 Å². The van der Waals surface area contributed by atoms with Crippen molar-refractivity contribution < 1.29 is 24.9 Å². The summed E-state index contributed by atoms with van der Waals surface area (Å²) in [5, 5.41) is 26.8. The molecule has 0 fully saturated rings. The first kappa shape index (κ1) is 13.4. The largest absolute Gasteiger partial charge is 0.465 e. The maximum Gasteiger partial charge on any atom is 0.308 e. The summed E-state index contributed by atoms with van der Waals surface area (Å²) in [7, 11) is 0. The summed E-state index contributed by atoms with van der Waals surface area (Å²) in [5.74, 6) is -0.673. The van der Waals surface area contributed by atoms with Gasteiger partial charge in [-0.15, -0.1) is 0 Å². The van der Waals surface area contributed by atoms with Gasteiger partial charge in [0.1, 0.15) is 6.61 Å². The van der Waals surface area contributed by atoms with Crippen LogP contribution in [0, 0.1) is 11.3 Å². The third-order valence-electron chi connectivity index (χ3n) is 2.00. The number of hydrogen-bond donors (Lipinski definition) is 3. The number of carbonyl (C=O) groups is 1. The van der Waals surface area contributed by atoms with Crippen molar-refractivity contribution >= 4 is 5.97 Å². The van der Waals surface area contributed by atoms with Crippen LogP contribution in [-0.4, -0.2) is 47.7 Å². The van der Waals surface area contributed by atoms with Gasteiger partial charge in [-0.2, -0.15) is 0 Å². The number of ether oxygens (including phenoxy) is 1. The maximum atomic E-state index is 11.1. The Hall–Kier alpha value is -0.650. The van der Waals surface area contributed by atoms with Crippen molar-refractivity contribution in [2.75, 3.05) is 26.4 Å². The van der Waals surface area contributed by atoms with Gasteiger partial charge in [0.15, 0.2) is 0 Å². The first-order valence-electron chi connectivity index (χ1n) is 4.50. The Kier molecular flexibility index (Phi) is 5.68. The lowest BCUT2D eigenvalue weighted by Gasteiger charge is -2.26. The minimum atomic E-state index is -1.13. The molecular formula is C9H18O5. The van der Waals surface area contributed by atoms with Gasteiger partial charge in [-0.25, -0.2) is 0 Å². The number of aliphatic hydroxyl groups is 3. The molecule has 0 aromatic heterocycles. The van der Waals surface area contributed by atoms with Gasteiger partial charge < -0.3 is 20.1 Å². The Morgan fingerprint density at radius 2 is 1.64 bits per heavy atom. The zero-order valence-electron chi connectivity index (χ0n) is 8.56. The number of aliphatic hydroxyl groups excluding tert-OH is 3.